The summed E-state index contributed by atoms with van der Waals surface area (Å²) in [6.45, 7) is 2.00. The molecule has 0 spiro atoms. The van der Waals surface area contributed by atoms with Crippen LogP contribution >= 0.6 is 22.9 Å². The summed E-state index contributed by atoms with van der Waals surface area (Å²) in [6.07, 6.45) is 0. The van der Waals surface area contributed by atoms with Crippen LogP contribution in [0.3, 0.4) is 0 Å². The minimum atomic E-state index is -3.76. The number of rotatable bonds is 6. The number of hydrogen-bond donors (Lipinski definition) is 2. The Hall–Kier alpha value is -3.27. The number of amides is 1. The number of nitrogens with zero attached hydrogens (tertiary/aromatic N) is 2. The number of anilines is 2. The molecule has 0 bridgehead atoms. The molecule has 162 valence electrons. The van der Waals surface area contributed by atoms with E-state index in [0.29, 0.717) is 10.1 Å². The van der Waals surface area contributed by atoms with E-state index in [-0.39, 0.29) is 21.2 Å². The summed E-state index contributed by atoms with van der Waals surface area (Å²) in [6, 6.07) is 20.1. The quantitative estimate of drug-likeness (QED) is 0.390. The van der Waals surface area contributed by atoms with Gasteiger partial charge < -0.3 is 0 Å². The molecule has 0 unspecified atom stereocenters. The van der Waals surface area contributed by atoms with Crippen LogP contribution in [0, 0.1) is 6.92 Å². The number of aromatic nitrogens is 2. The molecule has 7 nitrogen and oxygen atoms in total. The van der Waals surface area contributed by atoms with Gasteiger partial charge in [-0.05, 0) is 37.3 Å². The number of sulfonamides is 1. The van der Waals surface area contributed by atoms with Crippen LogP contribution < -0.4 is 10.0 Å². The van der Waals surface area contributed by atoms with Gasteiger partial charge in [0.15, 0.2) is 0 Å². The Labute approximate surface area is 194 Å². The summed E-state index contributed by atoms with van der Waals surface area (Å²) in [4.78, 5) is 12.8. The Morgan fingerprint density at radius 2 is 1.69 bits per heavy atom. The maximum absolute atomic E-state index is 12.6. The van der Waals surface area contributed by atoms with Crippen LogP contribution in [0.2, 0.25) is 5.02 Å². The highest BCUT2D eigenvalue weighted by molar-refractivity contribution is 7.92. The van der Waals surface area contributed by atoms with E-state index in [4.69, 9.17) is 11.6 Å². The Bertz CT molecular complexity index is 1370. The van der Waals surface area contributed by atoms with Crippen LogP contribution in [0.25, 0.3) is 10.6 Å². The average molecular weight is 485 g/mol. The van der Waals surface area contributed by atoms with E-state index in [9.17, 15) is 13.2 Å². The molecule has 0 saturated carbocycles. The lowest BCUT2D eigenvalue weighted by molar-refractivity contribution is 0.102. The second-order valence-corrected chi connectivity index (χ2v) is 9.91. The third kappa shape index (κ3) is 4.96. The standard InChI is InChI=1S/C22H17ClN4O3S2/c1-14-7-9-15(10-8-14)21-25-26-22(31-21)24-20(28)18-12-11-16(13-19(18)23)27-32(29,30)17-5-3-2-4-6-17/h2-13,27H,1H3,(H,24,26,28). The molecule has 0 fully saturated rings. The first-order valence-corrected chi connectivity index (χ1v) is 12.1. The van der Waals surface area contributed by atoms with Crippen LogP contribution in [0.15, 0.2) is 77.7 Å². The van der Waals surface area contributed by atoms with Gasteiger partial charge in [0.1, 0.15) is 5.01 Å². The van der Waals surface area contributed by atoms with E-state index in [1.165, 1.54) is 41.7 Å². The van der Waals surface area contributed by atoms with Gasteiger partial charge in [-0.15, -0.1) is 10.2 Å². The minimum Gasteiger partial charge on any atom is -0.296 e. The molecule has 1 heterocycles. The first kappa shape index (κ1) is 21.9. The van der Waals surface area contributed by atoms with Crippen molar-refractivity contribution >= 4 is 49.7 Å². The molecule has 0 radical (unpaired) electrons. The molecule has 32 heavy (non-hydrogen) atoms. The second kappa shape index (κ2) is 9.07. The first-order chi connectivity index (χ1) is 15.3. The summed E-state index contributed by atoms with van der Waals surface area (Å²) in [7, 11) is -3.76. The van der Waals surface area contributed by atoms with Gasteiger partial charge in [-0.3, -0.25) is 14.8 Å². The van der Waals surface area contributed by atoms with Gasteiger partial charge in [-0.25, -0.2) is 8.42 Å². The second-order valence-electron chi connectivity index (χ2n) is 6.85. The van der Waals surface area contributed by atoms with E-state index in [1.807, 2.05) is 31.2 Å². The van der Waals surface area contributed by atoms with E-state index in [0.717, 1.165) is 11.1 Å². The molecule has 1 aromatic heterocycles. The van der Waals surface area contributed by atoms with E-state index in [1.54, 1.807) is 18.2 Å². The largest absolute Gasteiger partial charge is 0.296 e. The third-order valence-corrected chi connectivity index (χ3v) is 7.06. The summed E-state index contributed by atoms with van der Waals surface area (Å²) in [5.41, 5.74) is 2.46. The maximum Gasteiger partial charge on any atom is 0.261 e. The lowest BCUT2D eigenvalue weighted by atomic mass is 10.2. The number of carbonyl (C=O) groups is 1. The number of aryl methyl sites for hydroxylation is 1. The first-order valence-electron chi connectivity index (χ1n) is 9.41. The number of nitrogens with one attached hydrogen (secondary N) is 2. The van der Waals surface area contributed by atoms with Gasteiger partial charge in [-0.2, -0.15) is 0 Å². The molecule has 0 saturated heterocycles. The maximum atomic E-state index is 12.6. The predicted molar refractivity (Wildman–Crippen MR) is 127 cm³/mol. The van der Waals surface area contributed by atoms with Crippen LogP contribution in [0.5, 0.6) is 0 Å². The molecular weight excluding hydrogens is 468 g/mol. The Morgan fingerprint density at radius 3 is 2.38 bits per heavy atom. The third-order valence-electron chi connectivity index (χ3n) is 4.46. The van der Waals surface area contributed by atoms with E-state index in [2.05, 4.69) is 20.2 Å². The van der Waals surface area contributed by atoms with Crippen LogP contribution in [-0.2, 0) is 10.0 Å². The van der Waals surface area contributed by atoms with Crippen LogP contribution in [0.4, 0.5) is 10.8 Å². The van der Waals surface area contributed by atoms with Crippen molar-refractivity contribution < 1.29 is 13.2 Å². The fourth-order valence-corrected chi connectivity index (χ4v) is 4.91. The van der Waals surface area contributed by atoms with E-state index < -0.39 is 15.9 Å². The molecule has 4 aromatic rings. The van der Waals surface area contributed by atoms with Crippen molar-refractivity contribution in [3.63, 3.8) is 0 Å². The van der Waals surface area contributed by atoms with Gasteiger partial charge in [0.25, 0.3) is 15.9 Å². The number of halogens is 1. The Kier molecular flexibility index (Phi) is 6.22. The van der Waals surface area contributed by atoms with Gasteiger partial charge >= 0.3 is 0 Å². The zero-order chi connectivity index (χ0) is 22.7. The van der Waals surface area contributed by atoms with Gasteiger partial charge in [0.2, 0.25) is 5.13 Å². The molecule has 3 aromatic carbocycles. The van der Waals surface area contributed by atoms with Gasteiger partial charge in [0.05, 0.1) is 21.2 Å². The predicted octanol–water partition coefficient (Wildman–Crippen LogP) is 5.22. The summed E-state index contributed by atoms with van der Waals surface area (Å²) >= 11 is 7.49. The minimum absolute atomic E-state index is 0.0963. The Morgan fingerprint density at radius 1 is 0.969 bits per heavy atom. The highest BCUT2D eigenvalue weighted by Crippen LogP contribution is 2.28. The van der Waals surface area contributed by atoms with Crippen LogP contribution in [0.1, 0.15) is 15.9 Å². The van der Waals surface area contributed by atoms with Crippen molar-refractivity contribution in [1.29, 1.82) is 0 Å². The molecule has 1 amide bonds. The average Bonchev–Trinajstić information content (AvgIpc) is 3.23. The van der Waals surface area contributed by atoms with Crippen molar-refractivity contribution in [2.24, 2.45) is 0 Å². The fraction of sp³-hybridized carbons (Fsp3) is 0.0455. The normalized spacial score (nSPS) is 11.2. The highest BCUT2D eigenvalue weighted by Gasteiger charge is 2.17. The molecule has 0 aliphatic carbocycles. The van der Waals surface area contributed by atoms with Crippen molar-refractivity contribution in [3.8, 4) is 10.6 Å². The molecule has 0 aliphatic heterocycles. The SMILES string of the molecule is Cc1ccc(-c2nnc(NC(=O)c3ccc(NS(=O)(=O)c4ccccc4)cc3Cl)s2)cc1. The molecule has 4 rings (SSSR count). The smallest absolute Gasteiger partial charge is 0.261 e. The van der Waals surface area contributed by atoms with Crippen molar-refractivity contribution in [2.75, 3.05) is 10.0 Å². The Balaban J connectivity index is 1.47. The number of benzene rings is 3. The number of carbonyl (C=O) groups excluding carboxylic acids is 1. The zero-order valence-electron chi connectivity index (χ0n) is 16.7. The molecule has 0 aliphatic rings. The van der Waals surface area contributed by atoms with E-state index >= 15 is 0 Å². The highest BCUT2D eigenvalue weighted by atomic mass is 35.5. The lowest BCUT2D eigenvalue weighted by Crippen LogP contribution is -2.14. The van der Waals surface area contributed by atoms with Crippen molar-refractivity contribution in [2.45, 2.75) is 11.8 Å². The van der Waals surface area contributed by atoms with Crippen molar-refractivity contribution in [3.05, 3.63) is 88.9 Å². The fourth-order valence-electron chi connectivity index (χ4n) is 2.83. The number of hydrogen-bond acceptors (Lipinski definition) is 6. The summed E-state index contributed by atoms with van der Waals surface area (Å²) < 4.78 is 27.4. The molecule has 0 atom stereocenters. The molecule has 10 heteroatoms. The summed E-state index contributed by atoms with van der Waals surface area (Å²) in [5.74, 6) is -0.473. The lowest BCUT2D eigenvalue weighted by Gasteiger charge is -2.10. The van der Waals surface area contributed by atoms with Gasteiger partial charge in [0, 0.05) is 5.56 Å². The van der Waals surface area contributed by atoms with Gasteiger partial charge in [-0.1, -0.05) is 71.0 Å². The van der Waals surface area contributed by atoms with Crippen molar-refractivity contribution in [1.82, 2.24) is 10.2 Å². The van der Waals surface area contributed by atoms with Crippen LogP contribution in [-0.4, -0.2) is 24.5 Å². The molecular formula is C22H17ClN4O3S2. The monoisotopic (exact) mass is 484 g/mol. The molecule has 2 N–H and O–H groups in total. The summed E-state index contributed by atoms with van der Waals surface area (Å²) in [5, 5.41) is 11.9. The zero-order valence-corrected chi connectivity index (χ0v) is 19.1. The topological polar surface area (TPSA) is 101 Å².